The summed E-state index contributed by atoms with van der Waals surface area (Å²) in [5.41, 5.74) is 2.60. The molecule has 6 atom stereocenters. The standard InChI is InChI=1S/C18H26O3/c1-11-12(2)21-13(3)18(11)16(19)10-17-15-7-5-4-6-14(15)8-9-20-17/h4-7,11-13,16-19H,8-10H2,1-3H3. The first-order chi connectivity index (χ1) is 10.1. The van der Waals surface area contributed by atoms with Crippen molar-refractivity contribution in [3.63, 3.8) is 0 Å². The Morgan fingerprint density at radius 2 is 1.95 bits per heavy atom. The third-order valence-electron chi connectivity index (χ3n) is 5.31. The highest BCUT2D eigenvalue weighted by Crippen LogP contribution is 2.39. The summed E-state index contributed by atoms with van der Waals surface area (Å²) in [6.45, 7) is 7.10. The van der Waals surface area contributed by atoms with Gasteiger partial charge in [0.05, 0.1) is 31.0 Å². The molecule has 1 fully saturated rings. The SMILES string of the molecule is CC1OC(C)C(C(O)CC2OCCc3ccccc32)C1C. The summed E-state index contributed by atoms with van der Waals surface area (Å²) in [7, 11) is 0. The highest BCUT2D eigenvalue weighted by molar-refractivity contribution is 5.31. The van der Waals surface area contributed by atoms with Crippen molar-refractivity contribution < 1.29 is 14.6 Å². The highest BCUT2D eigenvalue weighted by Gasteiger charge is 2.42. The van der Waals surface area contributed by atoms with Crippen LogP contribution in [0, 0.1) is 11.8 Å². The van der Waals surface area contributed by atoms with E-state index in [0.717, 1.165) is 13.0 Å². The summed E-state index contributed by atoms with van der Waals surface area (Å²) in [4.78, 5) is 0. The van der Waals surface area contributed by atoms with Crippen molar-refractivity contribution in [3.8, 4) is 0 Å². The minimum Gasteiger partial charge on any atom is -0.393 e. The molecule has 0 aliphatic carbocycles. The molecule has 3 nitrogen and oxygen atoms in total. The summed E-state index contributed by atoms with van der Waals surface area (Å²) in [6.07, 6.45) is 1.60. The summed E-state index contributed by atoms with van der Waals surface area (Å²) in [5.74, 6) is 0.575. The number of hydrogen-bond acceptors (Lipinski definition) is 3. The molecular formula is C18H26O3. The van der Waals surface area contributed by atoms with E-state index < -0.39 is 0 Å². The summed E-state index contributed by atoms with van der Waals surface area (Å²) in [6, 6.07) is 8.43. The van der Waals surface area contributed by atoms with Crippen LogP contribution in [0.25, 0.3) is 0 Å². The molecule has 0 amide bonds. The lowest BCUT2D eigenvalue weighted by Crippen LogP contribution is -2.33. The molecule has 1 N–H and O–H groups in total. The molecule has 116 valence electrons. The van der Waals surface area contributed by atoms with Crippen molar-refractivity contribution in [2.75, 3.05) is 6.61 Å². The lowest BCUT2D eigenvalue weighted by atomic mass is 9.81. The molecule has 2 aliphatic heterocycles. The van der Waals surface area contributed by atoms with Crippen LogP contribution < -0.4 is 0 Å². The molecule has 2 heterocycles. The largest absolute Gasteiger partial charge is 0.393 e. The maximum atomic E-state index is 10.7. The van der Waals surface area contributed by atoms with E-state index in [-0.39, 0.29) is 30.3 Å². The Kier molecular flexibility index (Phi) is 4.34. The zero-order valence-electron chi connectivity index (χ0n) is 13.2. The molecular weight excluding hydrogens is 264 g/mol. The van der Waals surface area contributed by atoms with Crippen LogP contribution >= 0.6 is 0 Å². The van der Waals surface area contributed by atoms with Crippen LogP contribution in [0.4, 0.5) is 0 Å². The van der Waals surface area contributed by atoms with Crippen LogP contribution in [-0.2, 0) is 15.9 Å². The number of ether oxygens (including phenoxy) is 2. The third-order valence-corrected chi connectivity index (χ3v) is 5.31. The van der Waals surface area contributed by atoms with Crippen LogP contribution in [0.15, 0.2) is 24.3 Å². The van der Waals surface area contributed by atoms with Gasteiger partial charge in [0.25, 0.3) is 0 Å². The van der Waals surface area contributed by atoms with Gasteiger partial charge in [-0.2, -0.15) is 0 Å². The molecule has 0 radical (unpaired) electrons. The minimum atomic E-state index is -0.379. The van der Waals surface area contributed by atoms with Crippen molar-refractivity contribution in [3.05, 3.63) is 35.4 Å². The minimum absolute atomic E-state index is 0.0141. The molecule has 0 saturated carbocycles. The lowest BCUT2D eigenvalue weighted by molar-refractivity contribution is -0.0283. The van der Waals surface area contributed by atoms with Gasteiger partial charge in [0, 0.05) is 12.3 Å². The van der Waals surface area contributed by atoms with Crippen LogP contribution in [0.3, 0.4) is 0 Å². The van der Waals surface area contributed by atoms with Gasteiger partial charge in [-0.25, -0.2) is 0 Å². The third kappa shape index (κ3) is 2.87. The van der Waals surface area contributed by atoms with E-state index in [0.29, 0.717) is 12.3 Å². The van der Waals surface area contributed by atoms with Crippen LogP contribution in [0.2, 0.25) is 0 Å². The Bertz CT molecular complexity index is 487. The second-order valence-electron chi connectivity index (χ2n) is 6.59. The van der Waals surface area contributed by atoms with Crippen molar-refractivity contribution in [1.82, 2.24) is 0 Å². The molecule has 1 aromatic rings. The normalized spacial score (nSPS) is 37.2. The van der Waals surface area contributed by atoms with Gasteiger partial charge in [0.2, 0.25) is 0 Å². The van der Waals surface area contributed by atoms with Crippen molar-refractivity contribution >= 4 is 0 Å². The maximum Gasteiger partial charge on any atom is 0.0852 e. The summed E-state index contributed by atoms with van der Waals surface area (Å²) in [5, 5.41) is 10.7. The van der Waals surface area contributed by atoms with Crippen molar-refractivity contribution in [1.29, 1.82) is 0 Å². The highest BCUT2D eigenvalue weighted by atomic mass is 16.5. The van der Waals surface area contributed by atoms with E-state index in [1.54, 1.807) is 0 Å². The Labute approximate surface area is 127 Å². The number of aliphatic hydroxyl groups excluding tert-OH is 1. The van der Waals surface area contributed by atoms with Crippen LogP contribution in [0.5, 0.6) is 0 Å². The Hall–Kier alpha value is -0.900. The van der Waals surface area contributed by atoms with Gasteiger partial charge in [-0.05, 0) is 37.3 Å². The molecule has 0 spiro atoms. The average Bonchev–Trinajstić information content (AvgIpc) is 2.72. The number of fused-ring (bicyclic) bond motifs is 1. The second kappa shape index (κ2) is 6.07. The van der Waals surface area contributed by atoms with Gasteiger partial charge >= 0.3 is 0 Å². The van der Waals surface area contributed by atoms with Gasteiger partial charge in [-0.1, -0.05) is 31.2 Å². The van der Waals surface area contributed by atoms with Gasteiger partial charge in [-0.15, -0.1) is 0 Å². The molecule has 1 aromatic carbocycles. The van der Waals surface area contributed by atoms with E-state index >= 15 is 0 Å². The first-order valence-electron chi connectivity index (χ1n) is 8.11. The van der Waals surface area contributed by atoms with Gasteiger partial charge in [0.1, 0.15) is 0 Å². The van der Waals surface area contributed by atoms with E-state index in [1.165, 1.54) is 11.1 Å². The van der Waals surface area contributed by atoms with E-state index in [4.69, 9.17) is 9.47 Å². The van der Waals surface area contributed by atoms with E-state index in [9.17, 15) is 5.11 Å². The topological polar surface area (TPSA) is 38.7 Å². The predicted octanol–water partition coefficient (Wildman–Crippen LogP) is 3.11. The van der Waals surface area contributed by atoms with Gasteiger partial charge in [0.15, 0.2) is 0 Å². The lowest BCUT2D eigenvalue weighted by Gasteiger charge is -2.31. The number of rotatable bonds is 3. The molecule has 0 bridgehead atoms. The maximum absolute atomic E-state index is 10.7. The fraction of sp³-hybridized carbons (Fsp3) is 0.667. The molecule has 3 rings (SSSR count). The zero-order valence-corrected chi connectivity index (χ0v) is 13.2. The Morgan fingerprint density at radius 3 is 2.67 bits per heavy atom. The molecule has 0 aromatic heterocycles. The van der Waals surface area contributed by atoms with E-state index in [2.05, 4.69) is 45.0 Å². The van der Waals surface area contributed by atoms with Gasteiger partial charge < -0.3 is 14.6 Å². The Balaban J connectivity index is 1.73. The molecule has 2 aliphatic rings. The Morgan fingerprint density at radius 1 is 1.19 bits per heavy atom. The molecule has 1 saturated heterocycles. The molecule has 3 heteroatoms. The summed E-state index contributed by atoms with van der Waals surface area (Å²) < 4.78 is 11.8. The van der Waals surface area contributed by atoms with Crippen LogP contribution in [-0.4, -0.2) is 30.0 Å². The molecule has 6 unspecified atom stereocenters. The first-order valence-corrected chi connectivity index (χ1v) is 8.11. The first kappa shape index (κ1) is 15.0. The number of benzene rings is 1. The molecule has 21 heavy (non-hydrogen) atoms. The smallest absolute Gasteiger partial charge is 0.0852 e. The van der Waals surface area contributed by atoms with Crippen LogP contribution in [0.1, 0.15) is 44.4 Å². The summed E-state index contributed by atoms with van der Waals surface area (Å²) >= 11 is 0. The van der Waals surface area contributed by atoms with Gasteiger partial charge in [-0.3, -0.25) is 0 Å². The second-order valence-corrected chi connectivity index (χ2v) is 6.59. The number of aliphatic hydroxyl groups is 1. The van der Waals surface area contributed by atoms with E-state index in [1.807, 2.05) is 0 Å². The number of hydrogen-bond donors (Lipinski definition) is 1. The monoisotopic (exact) mass is 290 g/mol. The average molecular weight is 290 g/mol. The van der Waals surface area contributed by atoms with Crippen molar-refractivity contribution in [2.24, 2.45) is 11.8 Å². The van der Waals surface area contributed by atoms with Crippen molar-refractivity contribution in [2.45, 2.75) is 58.0 Å². The fourth-order valence-electron chi connectivity index (χ4n) is 4.01. The fourth-order valence-corrected chi connectivity index (χ4v) is 4.01. The zero-order chi connectivity index (χ0) is 15.0. The quantitative estimate of drug-likeness (QED) is 0.929. The predicted molar refractivity (Wildman–Crippen MR) is 82.1 cm³/mol.